The van der Waals surface area contributed by atoms with Crippen LogP contribution in [0.5, 0.6) is 0 Å². The molecule has 0 bridgehead atoms. The lowest BCUT2D eigenvalue weighted by molar-refractivity contribution is 0.0697. The molecule has 1 fully saturated rings. The lowest BCUT2D eigenvalue weighted by atomic mass is 9.97. The third kappa shape index (κ3) is 3.88. The highest BCUT2D eigenvalue weighted by Crippen LogP contribution is 2.28. The number of rotatable bonds is 4. The summed E-state index contributed by atoms with van der Waals surface area (Å²) in [5.41, 5.74) is 0.770. The van der Waals surface area contributed by atoms with Crippen molar-refractivity contribution in [3.63, 3.8) is 0 Å². The molecule has 28 heavy (non-hydrogen) atoms. The standard InChI is InChI=1S/C21H20FN3O3/c22-18-6-2-1-4-14(18)10-17-12-24-20(28-17)16-5-3-9-25(13-16)21(27)15-7-8-19(26)23-11-15/h1-2,4,6-8,11-12,16H,3,5,9-10,13H2,(H,23,26)/t16-/m0/s1. The number of benzene rings is 1. The van der Waals surface area contributed by atoms with Gasteiger partial charge in [0.2, 0.25) is 5.56 Å². The van der Waals surface area contributed by atoms with E-state index < -0.39 is 0 Å². The first kappa shape index (κ1) is 18.2. The van der Waals surface area contributed by atoms with E-state index in [0.29, 0.717) is 42.3 Å². The maximum Gasteiger partial charge on any atom is 0.255 e. The van der Waals surface area contributed by atoms with Gasteiger partial charge in [-0.25, -0.2) is 9.37 Å². The van der Waals surface area contributed by atoms with Crippen molar-refractivity contribution in [3.05, 3.63) is 87.7 Å². The van der Waals surface area contributed by atoms with Gasteiger partial charge in [-0.05, 0) is 30.5 Å². The number of halogens is 1. The fourth-order valence-electron chi connectivity index (χ4n) is 3.51. The number of piperidine rings is 1. The van der Waals surface area contributed by atoms with Gasteiger partial charge in [0.1, 0.15) is 11.6 Å². The average Bonchev–Trinajstić information content (AvgIpc) is 3.19. The van der Waals surface area contributed by atoms with E-state index in [4.69, 9.17) is 4.42 Å². The minimum absolute atomic E-state index is 0.00479. The van der Waals surface area contributed by atoms with Gasteiger partial charge in [0, 0.05) is 31.8 Å². The normalized spacial score (nSPS) is 16.9. The highest BCUT2D eigenvalue weighted by Gasteiger charge is 2.28. The van der Waals surface area contributed by atoms with Gasteiger partial charge in [-0.3, -0.25) is 9.59 Å². The molecule has 1 aromatic carbocycles. The van der Waals surface area contributed by atoms with Crippen LogP contribution in [-0.4, -0.2) is 33.9 Å². The molecule has 1 aliphatic rings. The Morgan fingerprint density at radius 3 is 2.93 bits per heavy atom. The molecular weight excluding hydrogens is 361 g/mol. The molecule has 3 heterocycles. The Balaban J connectivity index is 1.45. The molecule has 0 aliphatic carbocycles. The van der Waals surface area contributed by atoms with Crippen molar-refractivity contribution < 1.29 is 13.6 Å². The van der Waals surface area contributed by atoms with Crippen LogP contribution in [0.3, 0.4) is 0 Å². The molecule has 0 radical (unpaired) electrons. The number of amides is 1. The van der Waals surface area contributed by atoms with Crippen molar-refractivity contribution in [2.45, 2.75) is 25.2 Å². The summed E-state index contributed by atoms with van der Waals surface area (Å²) in [6.45, 7) is 1.15. The quantitative estimate of drug-likeness (QED) is 0.753. The van der Waals surface area contributed by atoms with Crippen LogP contribution >= 0.6 is 0 Å². The van der Waals surface area contributed by atoms with Crippen LogP contribution in [0.2, 0.25) is 0 Å². The number of H-pyrrole nitrogens is 1. The SMILES string of the molecule is O=C(c1ccc(=O)[nH]c1)N1CCC[C@H](c2ncc(Cc3ccccc3F)o2)C1. The molecule has 4 rings (SSSR count). The minimum atomic E-state index is -0.268. The maximum absolute atomic E-state index is 13.8. The maximum atomic E-state index is 13.8. The zero-order chi connectivity index (χ0) is 19.5. The largest absolute Gasteiger partial charge is 0.445 e. The van der Waals surface area contributed by atoms with Crippen molar-refractivity contribution in [3.8, 4) is 0 Å². The summed E-state index contributed by atoms with van der Waals surface area (Å²) in [5.74, 6) is 0.777. The zero-order valence-corrected chi connectivity index (χ0v) is 15.2. The highest BCUT2D eigenvalue weighted by molar-refractivity contribution is 5.93. The van der Waals surface area contributed by atoms with Crippen LogP contribution in [0.15, 0.2) is 58.0 Å². The topological polar surface area (TPSA) is 79.2 Å². The Labute approximate surface area is 161 Å². The second-order valence-corrected chi connectivity index (χ2v) is 6.96. The number of carbonyl (C=O) groups excluding carboxylic acids is 1. The van der Waals surface area contributed by atoms with Crippen LogP contribution in [0.1, 0.15) is 46.3 Å². The van der Waals surface area contributed by atoms with Crippen LogP contribution in [0.25, 0.3) is 0 Å². The molecule has 7 heteroatoms. The van der Waals surface area contributed by atoms with Gasteiger partial charge in [0.15, 0.2) is 5.89 Å². The van der Waals surface area contributed by atoms with Gasteiger partial charge in [0.05, 0.1) is 17.7 Å². The summed E-state index contributed by atoms with van der Waals surface area (Å²) < 4.78 is 19.7. The first-order valence-electron chi connectivity index (χ1n) is 9.26. The predicted octanol–water partition coefficient (Wildman–Crippen LogP) is 3.11. The van der Waals surface area contributed by atoms with Crippen LogP contribution in [0.4, 0.5) is 4.39 Å². The lowest BCUT2D eigenvalue weighted by Crippen LogP contribution is -2.39. The summed E-state index contributed by atoms with van der Waals surface area (Å²) >= 11 is 0. The zero-order valence-electron chi connectivity index (χ0n) is 15.2. The van der Waals surface area contributed by atoms with Gasteiger partial charge in [-0.1, -0.05) is 18.2 Å². The van der Waals surface area contributed by atoms with Gasteiger partial charge >= 0.3 is 0 Å². The van der Waals surface area contributed by atoms with E-state index in [1.165, 1.54) is 24.4 Å². The monoisotopic (exact) mass is 381 g/mol. The van der Waals surface area contributed by atoms with Crippen molar-refractivity contribution >= 4 is 5.91 Å². The molecule has 0 unspecified atom stereocenters. The van der Waals surface area contributed by atoms with E-state index in [1.54, 1.807) is 29.3 Å². The molecule has 1 atom stereocenters. The number of carbonyl (C=O) groups is 1. The molecule has 144 valence electrons. The molecule has 2 aromatic heterocycles. The first-order valence-corrected chi connectivity index (χ1v) is 9.26. The molecule has 1 saturated heterocycles. The predicted molar refractivity (Wildman–Crippen MR) is 101 cm³/mol. The fraction of sp³-hybridized carbons (Fsp3) is 0.286. The summed E-state index contributed by atoms with van der Waals surface area (Å²) in [5, 5.41) is 0. The third-order valence-corrected chi connectivity index (χ3v) is 4.98. The molecule has 1 N–H and O–H groups in total. The second-order valence-electron chi connectivity index (χ2n) is 6.96. The van der Waals surface area contributed by atoms with E-state index in [1.807, 2.05) is 0 Å². The molecule has 0 spiro atoms. The van der Waals surface area contributed by atoms with Crippen LogP contribution < -0.4 is 5.56 Å². The van der Waals surface area contributed by atoms with Crippen molar-refractivity contribution in [2.75, 3.05) is 13.1 Å². The number of oxazole rings is 1. The van der Waals surface area contributed by atoms with E-state index in [-0.39, 0.29) is 23.2 Å². The second kappa shape index (κ2) is 7.80. The number of hydrogen-bond donors (Lipinski definition) is 1. The Hall–Kier alpha value is -3.22. The number of aromatic amines is 1. The van der Waals surface area contributed by atoms with Gasteiger partial charge < -0.3 is 14.3 Å². The minimum Gasteiger partial charge on any atom is -0.445 e. The van der Waals surface area contributed by atoms with E-state index in [2.05, 4.69) is 9.97 Å². The number of nitrogens with one attached hydrogen (secondary N) is 1. The summed E-state index contributed by atoms with van der Waals surface area (Å²) in [4.78, 5) is 32.5. The summed E-state index contributed by atoms with van der Waals surface area (Å²) in [7, 11) is 0. The molecule has 3 aromatic rings. The highest BCUT2D eigenvalue weighted by atomic mass is 19.1. The third-order valence-electron chi connectivity index (χ3n) is 4.98. The Kier molecular flexibility index (Phi) is 5.06. The number of likely N-dealkylation sites (tertiary alicyclic amines) is 1. The van der Waals surface area contributed by atoms with Crippen LogP contribution in [-0.2, 0) is 6.42 Å². The van der Waals surface area contributed by atoms with Gasteiger partial charge in [-0.15, -0.1) is 0 Å². The number of pyridine rings is 1. The summed E-state index contributed by atoms with van der Waals surface area (Å²) in [6, 6.07) is 9.47. The molecule has 1 aliphatic heterocycles. The van der Waals surface area contributed by atoms with Crippen molar-refractivity contribution in [2.24, 2.45) is 0 Å². The molecule has 6 nitrogen and oxygen atoms in total. The first-order chi connectivity index (χ1) is 13.6. The van der Waals surface area contributed by atoms with E-state index in [0.717, 1.165) is 12.8 Å². The lowest BCUT2D eigenvalue weighted by Gasteiger charge is -2.31. The molecular formula is C21H20FN3O3. The number of nitrogens with zero attached hydrogens (tertiary/aromatic N) is 2. The summed E-state index contributed by atoms with van der Waals surface area (Å²) in [6.07, 6.45) is 5.11. The van der Waals surface area contributed by atoms with E-state index in [9.17, 15) is 14.0 Å². The van der Waals surface area contributed by atoms with E-state index >= 15 is 0 Å². The van der Waals surface area contributed by atoms with Crippen molar-refractivity contribution in [1.29, 1.82) is 0 Å². The fourth-order valence-corrected chi connectivity index (χ4v) is 3.51. The van der Waals surface area contributed by atoms with Crippen molar-refractivity contribution in [1.82, 2.24) is 14.9 Å². The Morgan fingerprint density at radius 2 is 2.14 bits per heavy atom. The molecule has 1 amide bonds. The van der Waals surface area contributed by atoms with Crippen LogP contribution in [0, 0.1) is 5.82 Å². The Bertz CT molecular complexity index is 1020. The average molecular weight is 381 g/mol. The molecule has 0 saturated carbocycles. The number of aromatic nitrogens is 2. The van der Waals surface area contributed by atoms with Gasteiger partial charge in [-0.2, -0.15) is 0 Å². The smallest absolute Gasteiger partial charge is 0.255 e. The Morgan fingerprint density at radius 1 is 1.29 bits per heavy atom. The van der Waals surface area contributed by atoms with Gasteiger partial charge in [0.25, 0.3) is 5.91 Å². The number of hydrogen-bond acceptors (Lipinski definition) is 4.